The highest BCUT2D eigenvalue weighted by atomic mass is 16.6. The normalized spacial score (nSPS) is 34.3. The van der Waals surface area contributed by atoms with Crippen LogP contribution in [0.5, 0.6) is 5.75 Å². The Morgan fingerprint density at radius 2 is 1.80 bits per heavy atom. The topological polar surface area (TPSA) is 151 Å². The van der Waals surface area contributed by atoms with Gasteiger partial charge in [-0.2, -0.15) is 0 Å². The summed E-state index contributed by atoms with van der Waals surface area (Å²) in [7, 11) is 4.16. The highest BCUT2D eigenvalue weighted by molar-refractivity contribution is 5.96. The molecule has 1 saturated heterocycles. The molecule has 9 atom stereocenters. The smallest absolute Gasteiger partial charge is 0.344 e. The van der Waals surface area contributed by atoms with Crippen LogP contribution < -0.4 is 9.64 Å². The van der Waals surface area contributed by atoms with E-state index >= 15 is 4.79 Å². The molecule has 2 aromatic carbocycles. The molecule has 2 bridgehead atoms. The summed E-state index contributed by atoms with van der Waals surface area (Å²) in [6.07, 6.45) is 8.34. The molecule has 1 unspecified atom stereocenters. The van der Waals surface area contributed by atoms with E-state index in [1.807, 2.05) is 43.3 Å². The number of para-hydroxylation sites is 1. The number of rotatable bonds is 8. The summed E-state index contributed by atoms with van der Waals surface area (Å²) < 4.78 is 23.7. The highest BCUT2D eigenvalue weighted by Gasteiger charge is 2.81. The first-order valence-electron chi connectivity index (χ1n) is 20.9. The van der Waals surface area contributed by atoms with Gasteiger partial charge in [-0.05, 0) is 67.8 Å². The van der Waals surface area contributed by atoms with Crippen molar-refractivity contribution in [2.75, 3.05) is 59.0 Å². The summed E-state index contributed by atoms with van der Waals surface area (Å²) in [6.45, 7) is 8.97. The Bertz CT molecular complexity index is 2320. The molecule has 13 heteroatoms. The van der Waals surface area contributed by atoms with E-state index in [-0.39, 0.29) is 5.92 Å². The number of H-pyrrole nitrogens is 1. The van der Waals surface area contributed by atoms with Crippen LogP contribution in [0.1, 0.15) is 68.8 Å². The number of ether oxygens (including phenoxy) is 4. The Morgan fingerprint density at radius 3 is 2.49 bits per heavy atom. The second-order valence-electron chi connectivity index (χ2n) is 17.4. The van der Waals surface area contributed by atoms with E-state index in [2.05, 4.69) is 33.8 Å². The summed E-state index contributed by atoms with van der Waals surface area (Å²) in [6, 6.07) is 10.2. The van der Waals surface area contributed by atoms with E-state index in [4.69, 9.17) is 18.9 Å². The first-order valence-corrected chi connectivity index (χ1v) is 20.9. The number of aliphatic hydroxyl groups is 1. The Labute approximate surface area is 344 Å². The second kappa shape index (κ2) is 14.1. The van der Waals surface area contributed by atoms with E-state index in [1.165, 1.54) is 31.6 Å². The first kappa shape index (κ1) is 39.5. The number of nitrogens with zero attached hydrogens (tertiary/aromatic N) is 3. The van der Waals surface area contributed by atoms with E-state index in [0.717, 1.165) is 48.2 Å². The maximum atomic E-state index is 15.3. The van der Waals surface area contributed by atoms with E-state index < -0.39 is 57.9 Å². The second-order valence-corrected chi connectivity index (χ2v) is 17.4. The van der Waals surface area contributed by atoms with Gasteiger partial charge in [0.25, 0.3) is 0 Å². The van der Waals surface area contributed by atoms with Gasteiger partial charge in [-0.15, -0.1) is 0 Å². The van der Waals surface area contributed by atoms with Gasteiger partial charge in [0.2, 0.25) is 12.0 Å². The van der Waals surface area contributed by atoms with Crippen molar-refractivity contribution in [3.63, 3.8) is 0 Å². The number of anilines is 1. The summed E-state index contributed by atoms with van der Waals surface area (Å²) in [5.41, 5.74) is -0.420. The molecule has 1 saturated carbocycles. The minimum atomic E-state index is -2.51. The average molecular weight is 807 g/mol. The van der Waals surface area contributed by atoms with Crippen LogP contribution >= 0.6 is 0 Å². The maximum Gasteiger partial charge on any atom is 0.344 e. The summed E-state index contributed by atoms with van der Waals surface area (Å²) in [5, 5.41) is 14.3. The number of fused-ring (bicyclic) bond motifs is 6. The number of aromatic nitrogens is 1. The summed E-state index contributed by atoms with van der Waals surface area (Å²) in [5.74, 6) is -1.81. The van der Waals surface area contributed by atoms with Crippen molar-refractivity contribution in [3.05, 3.63) is 82.6 Å². The van der Waals surface area contributed by atoms with Crippen molar-refractivity contribution in [2.45, 2.75) is 87.5 Å². The van der Waals surface area contributed by atoms with Gasteiger partial charge in [0.15, 0.2) is 6.10 Å². The number of aromatic amines is 1. The third kappa shape index (κ3) is 5.13. The Kier molecular flexibility index (Phi) is 9.41. The molecule has 312 valence electrons. The zero-order valence-electron chi connectivity index (χ0n) is 34.7. The van der Waals surface area contributed by atoms with Crippen molar-refractivity contribution in [1.29, 1.82) is 0 Å². The molecule has 59 heavy (non-hydrogen) atoms. The summed E-state index contributed by atoms with van der Waals surface area (Å²) in [4.78, 5) is 66.3. The van der Waals surface area contributed by atoms with Crippen molar-refractivity contribution in [1.82, 2.24) is 14.8 Å². The number of methoxy groups -OCH3 is 3. The molecule has 1 aromatic heterocycles. The molecule has 2 fully saturated rings. The first-order chi connectivity index (χ1) is 28.4. The van der Waals surface area contributed by atoms with Gasteiger partial charge in [0.05, 0.1) is 33.1 Å². The molecule has 1 amide bonds. The largest absolute Gasteiger partial charge is 0.496 e. The fourth-order valence-corrected chi connectivity index (χ4v) is 12.9. The quantitative estimate of drug-likeness (QED) is 0.145. The van der Waals surface area contributed by atoms with Crippen LogP contribution in [-0.4, -0.2) is 122 Å². The van der Waals surface area contributed by atoms with Crippen LogP contribution in [0, 0.1) is 11.3 Å². The summed E-state index contributed by atoms with van der Waals surface area (Å²) >= 11 is 0. The lowest BCUT2D eigenvalue weighted by molar-refractivity contribution is -0.228. The van der Waals surface area contributed by atoms with E-state index in [9.17, 15) is 19.5 Å². The van der Waals surface area contributed by atoms with Gasteiger partial charge < -0.3 is 33.9 Å². The van der Waals surface area contributed by atoms with Gasteiger partial charge in [0.1, 0.15) is 11.2 Å². The molecule has 3 aromatic rings. The van der Waals surface area contributed by atoms with Crippen molar-refractivity contribution in [2.24, 2.45) is 11.3 Å². The lowest BCUT2D eigenvalue weighted by Crippen LogP contribution is -2.81. The fraction of sp³-hybridized carbons (Fsp3) is 0.522. The number of nitrogens with one attached hydrogen (secondary N) is 1. The molecule has 6 heterocycles. The molecule has 13 nitrogen and oxygen atoms in total. The number of esters is 3. The third-order valence-electron chi connectivity index (χ3n) is 15.0. The molecule has 5 aliphatic heterocycles. The molecular weight excluding hydrogens is 753 g/mol. The third-order valence-corrected chi connectivity index (χ3v) is 15.0. The average Bonchev–Trinajstić information content (AvgIpc) is 3.92. The predicted molar refractivity (Wildman–Crippen MR) is 219 cm³/mol. The molecule has 2 N–H and O–H groups in total. The number of carbonyl (C=O) groups excluding carboxylic acids is 4. The SMILES string of the molecule is CCC1=C[C@@H]2CN(CCc3c([nH]c4ccccc34)[C@@](C(=O)OC)(c3cc4c(cc3OC)N(C=O)[C@@H]3[C@@](O)(C(=O)OC)[C@H](OC(C)=O)[C@]5(CC)C=CCN6CC[C@]43[C@H]65)C2)C1. The number of carbonyl (C=O) groups is 4. The lowest BCUT2D eigenvalue weighted by Gasteiger charge is -2.63. The van der Waals surface area contributed by atoms with Gasteiger partial charge in [-0.25, -0.2) is 4.79 Å². The molecule has 0 radical (unpaired) electrons. The van der Waals surface area contributed by atoms with Crippen LogP contribution in [0.25, 0.3) is 10.9 Å². The minimum Gasteiger partial charge on any atom is -0.496 e. The van der Waals surface area contributed by atoms with Crippen LogP contribution in [0.2, 0.25) is 0 Å². The van der Waals surface area contributed by atoms with Crippen LogP contribution in [0.3, 0.4) is 0 Å². The molecular formula is C46H54N4O9. The highest BCUT2D eigenvalue weighted by Crippen LogP contribution is 2.68. The van der Waals surface area contributed by atoms with Crippen molar-refractivity contribution < 1.29 is 43.2 Å². The predicted octanol–water partition coefficient (Wildman–Crippen LogP) is 4.32. The molecule has 1 spiro atoms. The number of hydrogen-bond donors (Lipinski definition) is 2. The fourth-order valence-electron chi connectivity index (χ4n) is 12.9. The monoisotopic (exact) mass is 806 g/mol. The van der Waals surface area contributed by atoms with Crippen LogP contribution in [0.15, 0.2) is 60.2 Å². The maximum absolute atomic E-state index is 15.3. The Morgan fingerprint density at radius 1 is 1.02 bits per heavy atom. The van der Waals surface area contributed by atoms with Gasteiger partial charge >= 0.3 is 17.9 Å². The standard InChI is InChI=1S/C46H54N4O9/c1-7-28-20-29-23-45(41(53)57-5,37-31(14-18-48(24-28)25-29)30-12-9-10-13-34(30)47-37)33-21-32-35(22-36(33)56-4)50(26-51)39-44(32)16-19-49-17-11-15-43(8-2,38(44)49)40(59-27(3)52)46(39,55)42(54)58-6/h9-13,15,20-22,26,29,38-40,47,55H,7-8,14,16-19,23-25H2,1-6H3/t29-,38+,39-,40+,43+,44+,45-,46-/m0/s1. The lowest BCUT2D eigenvalue weighted by atomic mass is 9.47. The van der Waals surface area contributed by atoms with E-state index in [1.54, 1.807) is 13.2 Å². The van der Waals surface area contributed by atoms with Gasteiger partial charge in [-0.3, -0.25) is 24.2 Å². The van der Waals surface area contributed by atoms with Gasteiger partial charge in [-0.1, -0.05) is 55.8 Å². The Balaban J connectivity index is 1.39. The molecule has 9 rings (SSSR count). The van der Waals surface area contributed by atoms with Crippen molar-refractivity contribution >= 4 is 40.9 Å². The number of benzene rings is 2. The zero-order valence-corrected chi connectivity index (χ0v) is 34.7. The van der Waals surface area contributed by atoms with Crippen LogP contribution in [0.4, 0.5) is 5.69 Å². The van der Waals surface area contributed by atoms with E-state index in [0.29, 0.717) is 67.7 Å². The number of hydrogen-bond acceptors (Lipinski definition) is 11. The molecule has 6 aliphatic rings. The Hall–Kier alpha value is -4.98. The van der Waals surface area contributed by atoms with Gasteiger partial charge in [0, 0.05) is 78.2 Å². The minimum absolute atomic E-state index is 0.0349. The number of amides is 1. The zero-order chi connectivity index (χ0) is 41.6. The molecule has 1 aliphatic carbocycles. The van der Waals surface area contributed by atoms with Crippen molar-refractivity contribution in [3.8, 4) is 5.75 Å². The van der Waals surface area contributed by atoms with Crippen LogP contribution in [-0.2, 0) is 50.6 Å².